The Bertz CT molecular complexity index is 2060. The summed E-state index contributed by atoms with van der Waals surface area (Å²) >= 11 is 6.50. The van der Waals surface area contributed by atoms with Gasteiger partial charge < -0.3 is 13.9 Å². The Morgan fingerprint density at radius 3 is 2.66 bits per heavy atom. The number of methoxy groups -OCH3 is 1. The first-order chi connectivity index (χ1) is 20.1. The lowest BCUT2D eigenvalue weighted by molar-refractivity contribution is 0.306. The molecule has 0 spiro atoms. The minimum atomic E-state index is -0.350. The summed E-state index contributed by atoms with van der Waals surface area (Å²) < 4.78 is 18.6. The number of nitrogens with zero attached hydrogens (tertiary/aromatic N) is 4. The Labute approximate surface area is 239 Å². The molecule has 0 aliphatic carbocycles. The SMILES string of the molecule is COc1cccc2oc(-c3nc4ccccc4c(=O)n3N=Cc3ccc(OCc4ccccc4C#N)c(Cl)c3)cc12. The summed E-state index contributed by atoms with van der Waals surface area (Å²) in [5, 5.41) is 15.3. The van der Waals surface area contributed by atoms with Crippen LogP contribution in [0, 0.1) is 11.3 Å². The summed E-state index contributed by atoms with van der Waals surface area (Å²) in [7, 11) is 1.59. The average molecular weight is 561 g/mol. The van der Waals surface area contributed by atoms with Gasteiger partial charge in [-0.05, 0) is 60.2 Å². The molecule has 0 bridgehead atoms. The van der Waals surface area contributed by atoms with Gasteiger partial charge in [-0.3, -0.25) is 4.79 Å². The van der Waals surface area contributed by atoms with Crippen molar-refractivity contribution < 1.29 is 13.9 Å². The summed E-state index contributed by atoms with van der Waals surface area (Å²) in [6.45, 7) is 0.195. The Balaban J connectivity index is 1.36. The van der Waals surface area contributed by atoms with Crippen LogP contribution < -0.4 is 15.0 Å². The third-order valence-corrected chi connectivity index (χ3v) is 6.81. The van der Waals surface area contributed by atoms with Gasteiger partial charge in [0.05, 0.1) is 46.3 Å². The summed E-state index contributed by atoms with van der Waals surface area (Å²) in [6, 6.07) is 28.9. The van der Waals surface area contributed by atoms with Gasteiger partial charge in [-0.15, -0.1) is 0 Å². The molecule has 0 fully saturated rings. The van der Waals surface area contributed by atoms with E-state index in [1.165, 1.54) is 10.9 Å². The number of hydrogen-bond donors (Lipinski definition) is 0. The number of rotatable bonds is 7. The maximum atomic E-state index is 13.5. The predicted molar refractivity (Wildman–Crippen MR) is 158 cm³/mol. The number of furan rings is 1. The van der Waals surface area contributed by atoms with E-state index in [9.17, 15) is 10.1 Å². The van der Waals surface area contributed by atoms with E-state index in [0.717, 1.165) is 10.9 Å². The molecule has 0 aliphatic heterocycles. The van der Waals surface area contributed by atoms with Crippen LogP contribution in [0.15, 0.2) is 105 Å². The number of benzene rings is 4. The van der Waals surface area contributed by atoms with E-state index in [1.807, 2.05) is 36.4 Å². The van der Waals surface area contributed by atoms with Crippen LogP contribution in [0.25, 0.3) is 33.5 Å². The van der Waals surface area contributed by atoms with E-state index in [4.69, 9.17) is 30.5 Å². The van der Waals surface area contributed by atoms with Gasteiger partial charge in [-0.25, -0.2) is 4.98 Å². The second kappa shape index (κ2) is 11.0. The molecule has 0 N–H and O–H groups in total. The monoisotopic (exact) mass is 560 g/mol. The maximum Gasteiger partial charge on any atom is 0.282 e. The Morgan fingerprint density at radius 1 is 1.00 bits per heavy atom. The number of para-hydroxylation sites is 1. The highest BCUT2D eigenvalue weighted by Crippen LogP contribution is 2.33. The fourth-order valence-corrected chi connectivity index (χ4v) is 4.71. The number of nitriles is 1. The fourth-order valence-electron chi connectivity index (χ4n) is 4.46. The van der Waals surface area contributed by atoms with E-state index in [-0.39, 0.29) is 18.0 Å². The Kier molecular flexibility index (Phi) is 6.94. The molecule has 8 nitrogen and oxygen atoms in total. The number of fused-ring (bicyclic) bond motifs is 2. The van der Waals surface area contributed by atoms with Gasteiger partial charge in [0, 0.05) is 5.56 Å². The molecule has 200 valence electrons. The van der Waals surface area contributed by atoms with Gasteiger partial charge in [0.1, 0.15) is 23.7 Å². The number of hydrogen-bond acceptors (Lipinski definition) is 7. The van der Waals surface area contributed by atoms with Gasteiger partial charge in [0.15, 0.2) is 5.76 Å². The topological polar surface area (TPSA) is 103 Å². The molecular formula is C32H21ClN4O4. The van der Waals surface area contributed by atoms with Crippen LogP contribution >= 0.6 is 11.6 Å². The second-order valence-electron chi connectivity index (χ2n) is 9.04. The second-order valence-corrected chi connectivity index (χ2v) is 9.45. The molecule has 0 atom stereocenters. The standard InChI is InChI=1S/C32H21ClN4O4/c1-39-27-11-6-12-28-24(27)16-30(41-28)31-36-26-10-5-4-9-23(26)32(38)37(31)35-18-20-13-14-29(25(33)15-20)40-19-22-8-3-2-7-21(22)17-34/h2-16,18H,19H2,1H3. The van der Waals surface area contributed by atoms with E-state index < -0.39 is 0 Å². The van der Waals surface area contributed by atoms with Gasteiger partial charge in [0.2, 0.25) is 5.82 Å². The summed E-state index contributed by atoms with van der Waals surface area (Å²) in [4.78, 5) is 18.3. The van der Waals surface area contributed by atoms with Crippen molar-refractivity contribution in [2.75, 3.05) is 7.11 Å². The minimum Gasteiger partial charge on any atom is -0.496 e. The van der Waals surface area contributed by atoms with Gasteiger partial charge in [-0.1, -0.05) is 48.0 Å². The summed E-state index contributed by atoms with van der Waals surface area (Å²) in [5.41, 5.74) is 2.70. The van der Waals surface area contributed by atoms with E-state index in [0.29, 0.717) is 49.9 Å². The quantitative estimate of drug-likeness (QED) is 0.199. The third-order valence-electron chi connectivity index (χ3n) is 6.51. The van der Waals surface area contributed by atoms with Crippen LogP contribution in [-0.4, -0.2) is 23.0 Å². The first kappa shape index (κ1) is 25.9. The predicted octanol–water partition coefficient (Wildman–Crippen LogP) is 6.80. The highest BCUT2D eigenvalue weighted by atomic mass is 35.5. The lowest BCUT2D eigenvalue weighted by atomic mass is 10.1. The molecule has 0 amide bonds. The van der Waals surface area contributed by atoms with Crippen molar-refractivity contribution in [3.05, 3.63) is 123 Å². The van der Waals surface area contributed by atoms with Crippen LogP contribution in [0.5, 0.6) is 11.5 Å². The van der Waals surface area contributed by atoms with Crippen molar-refractivity contribution in [3.8, 4) is 29.2 Å². The third kappa shape index (κ3) is 5.02. The normalized spacial score (nSPS) is 11.2. The van der Waals surface area contributed by atoms with Gasteiger partial charge >= 0.3 is 0 Å². The molecule has 9 heteroatoms. The lowest BCUT2D eigenvalue weighted by Gasteiger charge is -2.10. The molecule has 6 rings (SSSR count). The highest BCUT2D eigenvalue weighted by molar-refractivity contribution is 6.32. The van der Waals surface area contributed by atoms with E-state index in [1.54, 1.807) is 61.7 Å². The smallest absolute Gasteiger partial charge is 0.282 e. The molecule has 41 heavy (non-hydrogen) atoms. The zero-order valence-corrected chi connectivity index (χ0v) is 22.5. The zero-order valence-electron chi connectivity index (χ0n) is 21.7. The molecule has 0 radical (unpaired) electrons. The van der Waals surface area contributed by atoms with Crippen LogP contribution in [0.1, 0.15) is 16.7 Å². The van der Waals surface area contributed by atoms with Gasteiger partial charge in [-0.2, -0.15) is 15.0 Å². The van der Waals surface area contributed by atoms with Crippen molar-refractivity contribution >= 4 is 39.7 Å². The minimum absolute atomic E-state index is 0.195. The molecule has 0 unspecified atom stereocenters. The summed E-state index contributed by atoms with van der Waals surface area (Å²) in [5.74, 6) is 1.70. The summed E-state index contributed by atoms with van der Waals surface area (Å²) in [6.07, 6.45) is 1.52. The van der Waals surface area contributed by atoms with Crippen molar-refractivity contribution in [1.82, 2.24) is 9.66 Å². The van der Waals surface area contributed by atoms with Crippen LogP contribution in [0.2, 0.25) is 5.02 Å². The molecule has 2 aromatic heterocycles. The average Bonchev–Trinajstić information content (AvgIpc) is 3.45. The van der Waals surface area contributed by atoms with E-state index in [2.05, 4.69) is 11.2 Å². The first-order valence-corrected chi connectivity index (χ1v) is 13.0. The van der Waals surface area contributed by atoms with Crippen LogP contribution in [-0.2, 0) is 6.61 Å². The maximum absolute atomic E-state index is 13.5. The Hall–Kier alpha value is -5.39. The largest absolute Gasteiger partial charge is 0.496 e. The van der Waals surface area contributed by atoms with E-state index >= 15 is 0 Å². The molecule has 6 aromatic rings. The zero-order chi connectivity index (χ0) is 28.3. The first-order valence-electron chi connectivity index (χ1n) is 12.6. The van der Waals surface area contributed by atoms with Crippen LogP contribution in [0.3, 0.4) is 0 Å². The van der Waals surface area contributed by atoms with Crippen molar-refractivity contribution in [2.24, 2.45) is 5.10 Å². The molecular weight excluding hydrogens is 540 g/mol. The molecule has 0 aliphatic rings. The molecule has 0 saturated carbocycles. The van der Waals surface area contributed by atoms with Crippen molar-refractivity contribution in [1.29, 1.82) is 5.26 Å². The molecule has 0 saturated heterocycles. The molecule has 2 heterocycles. The Morgan fingerprint density at radius 2 is 1.83 bits per heavy atom. The number of halogens is 1. The van der Waals surface area contributed by atoms with Crippen molar-refractivity contribution in [3.63, 3.8) is 0 Å². The highest BCUT2D eigenvalue weighted by Gasteiger charge is 2.18. The van der Waals surface area contributed by atoms with Crippen molar-refractivity contribution in [2.45, 2.75) is 6.61 Å². The molecule has 4 aromatic carbocycles. The fraction of sp³-hybridized carbons (Fsp3) is 0.0625. The number of ether oxygens (including phenoxy) is 2. The van der Waals surface area contributed by atoms with Crippen LogP contribution in [0.4, 0.5) is 0 Å². The number of aromatic nitrogens is 2. The lowest BCUT2D eigenvalue weighted by Crippen LogP contribution is -2.20. The van der Waals surface area contributed by atoms with Gasteiger partial charge in [0.25, 0.3) is 5.56 Å².